The first-order valence-corrected chi connectivity index (χ1v) is 12.9. The number of aromatic amines is 1. The van der Waals surface area contributed by atoms with E-state index in [0.717, 1.165) is 53.7 Å². The number of rotatable bonds is 10. The lowest BCUT2D eigenvalue weighted by atomic mass is 10.0. The number of fused-ring (bicyclic) bond motifs is 1. The normalized spacial score (nSPS) is 13.0. The van der Waals surface area contributed by atoms with Crippen LogP contribution in [0.25, 0.3) is 10.9 Å². The third kappa shape index (κ3) is 5.41. The molecule has 0 aliphatic heterocycles. The molecule has 7 nitrogen and oxygen atoms in total. The first-order valence-electron chi connectivity index (χ1n) is 12.9. The van der Waals surface area contributed by atoms with Crippen LogP contribution in [0.5, 0.6) is 0 Å². The Hall–Kier alpha value is -3.32. The summed E-state index contributed by atoms with van der Waals surface area (Å²) in [5.41, 5.74) is 4.96. The summed E-state index contributed by atoms with van der Waals surface area (Å²) in [6.07, 6.45) is 2.62. The molecule has 0 aliphatic rings. The van der Waals surface area contributed by atoms with Crippen molar-refractivity contribution >= 4 is 10.9 Å². The molecule has 1 atom stereocenters. The summed E-state index contributed by atoms with van der Waals surface area (Å²) in [7, 11) is 0. The second-order valence-electron chi connectivity index (χ2n) is 10.4. The second-order valence-corrected chi connectivity index (χ2v) is 10.4. The standard InChI is InChI=1S/C29H38N6O/c1-7-25(27-31-32-33-35(27)29(5,6)8-2)34(15-14-22-12-10-9-11-13-22)19-24-18-23-17-20(3)16-21(4)26(23)30-28(24)36/h9-13,16-18,25H,7-8,14-15,19H2,1-6H3,(H,30,36)/t25-/m1/s1. The summed E-state index contributed by atoms with van der Waals surface area (Å²) in [4.78, 5) is 18.7. The van der Waals surface area contributed by atoms with Crippen LogP contribution in [0.15, 0.2) is 53.3 Å². The SMILES string of the molecule is CC[C@H](c1nnnn1C(C)(C)CC)N(CCc1ccccc1)Cc1cc2cc(C)cc(C)c2[nH]c1=O. The molecule has 0 saturated heterocycles. The molecule has 0 unspecified atom stereocenters. The molecule has 0 radical (unpaired) electrons. The molecule has 2 aromatic carbocycles. The summed E-state index contributed by atoms with van der Waals surface area (Å²) < 4.78 is 1.97. The molecule has 0 aliphatic carbocycles. The van der Waals surface area contributed by atoms with Crippen LogP contribution in [0.2, 0.25) is 0 Å². The van der Waals surface area contributed by atoms with Gasteiger partial charge in [-0.25, -0.2) is 4.68 Å². The van der Waals surface area contributed by atoms with Crippen molar-refractivity contribution in [1.29, 1.82) is 0 Å². The van der Waals surface area contributed by atoms with Crippen LogP contribution in [0.3, 0.4) is 0 Å². The van der Waals surface area contributed by atoms with Gasteiger partial charge in [0.2, 0.25) is 0 Å². The maximum atomic E-state index is 13.2. The Morgan fingerprint density at radius 2 is 1.83 bits per heavy atom. The third-order valence-corrected chi connectivity index (χ3v) is 7.33. The van der Waals surface area contributed by atoms with Gasteiger partial charge >= 0.3 is 0 Å². The van der Waals surface area contributed by atoms with Crippen molar-refractivity contribution in [2.75, 3.05) is 6.54 Å². The lowest BCUT2D eigenvalue weighted by Crippen LogP contribution is -2.37. The van der Waals surface area contributed by atoms with Crippen LogP contribution in [-0.2, 0) is 18.5 Å². The highest BCUT2D eigenvalue weighted by atomic mass is 16.1. The molecule has 190 valence electrons. The molecule has 0 saturated carbocycles. The molecule has 4 rings (SSSR count). The highest BCUT2D eigenvalue weighted by Gasteiger charge is 2.31. The van der Waals surface area contributed by atoms with E-state index in [-0.39, 0.29) is 17.1 Å². The molecule has 0 amide bonds. The number of H-pyrrole nitrogens is 1. The first kappa shape index (κ1) is 25.8. The Kier molecular flexibility index (Phi) is 7.69. The van der Waals surface area contributed by atoms with Crippen LogP contribution >= 0.6 is 0 Å². The number of aryl methyl sites for hydroxylation is 2. The fraction of sp³-hybridized carbons (Fsp3) is 0.448. The second kappa shape index (κ2) is 10.7. The Morgan fingerprint density at radius 3 is 2.53 bits per heavy atom. The van der Waals surface area contributed by atoms with Crippen molar-refractivity contribution in [3.05, 3.63) is 87.0 Å². The van der Waals surface area contributed by atoms with E-state index in [2.05, 4.69) is 102 Å². The largest absolute Gasteiger partial charge is 0.321 e. The van der Waals surface area contributed by atoms with Crippen molar-refractivity contribution < 1.29 is 0 Å². The molecule has 7 heteroatoms. The van der Waals surface area contributed by atoms with Crippen LogP contribution in [0, 0.1) is 13.8 Å². The number of hydrogen-bond acceptors (Lipinski definition) is 5. The number of nitrogens with zero attached hydrogens (tertiary/aromatic N) is 5. The minimum atomic E-state index is -0.202. The maximum Gasteiger partial charge on any atom is 0.252 e. The predicted octanol–water partition coefficient (Wildman–Crippen LogP) is 5.47. The summed E-state index contributed by atoms with van der Waals surface area (Å²) in [6.45, 7) is 14.1. The average Bonchev–Trinajstić information content (AvgIpc) is 3.35. The maximum absolute atomic E-state index is 13.2. The lowest BCUT2D eigenvalue weighted by Gasteiger charge is -2.33. The van der Waals surface area contributed by atoms with Gasteiger partial charge in [0.05, 0.1) is 17.1 Å². The molecule has 2 heterocycles. The van der Waals surface area contributed by atoms with Gasteiger partial charge in [-0.05, 0) is 86.0 Å². The summed E-state index contributed by atoms with van der Waals surface area (Å²) in [6, 6.07) is 16.7. The van der Waals surface area contributed by atoms with Gasteiger partial charge in [0.25, 0.3) is 5.56 Å². The molecule has 36 heavy (non-hydrogen) atoms. The molecule has 0 bridgehead atoms. The van der Waals surface area contributed by atoms with Crippen molar-refractivity contribution in [1.82, 2.24) is 30.1 Å². The van der Waals surface area contributed by atoms with Gasteiger partial charge in [0.1, 0.15) is 0 Å². The van der Waals surface area contributed by atoms with E-state index in [4.69, 9.17) is 0 Å². The van der Waals surface area contributed by atoms with E-state index in [1.54, 1.807) is 0 Å². The number of pyridine rings is 1. The first-order chi connectivity index (χ1) is 17.2. The average molecular weight is 487 g/mol. The molecule has 1 N–H and O–H groups in total. The van der Waals surface area contributed by atoms with Gasteiger partial charge in [0, 0.05) is 18.7 Å². The van der Waals surface area contributed by atoms with Crippen LogP contribution in [-0.4, -0.2) is 36.6 Å². The van der Waals surface area contributed by atoms with E-state index in [1.165, 1.54) is 11.1 Å². The fourth-order valence-corrected chi connectivity index (χ4v) is 4.92. The zero-order valence-electron chi connectivity index (χ0n) is 22.4. The Balaban J connectivity index is 1.74. The highest BCUT2D eigenvalue weighted by Crippen LogP contribution is 2.29. The monoisotopic (exact) mass is 486 g/mol. The van der Waals surface area contributed by atoms with Gasteiger partial charge in [0.15, 0.2) is 5.82 Å². The van der Waals surface area contributed by atoms with Gasteiger partial charge in [-0.2, -0.15) is 0 Å². The number of hydrogen-bond donors (Lipinski definition) is 1. The number of benzene rings is 2. The van der Waals surface area contributed by atoms with Crippen molar-refractivity contribution in [2.24, 2.45) is 0 Å². The predicted molar refractivity (Wildman–Crippen MR) is 145 cm³/mol. The third-order valence-electron chi connectivity index (χ3n) is 7.33. The summed E-state index contributed by atoms with van der Waals surface area (Å²) in [5, 5.41) is 14.0. The van der Waals surface area contributed by atoms with Gasteiger partial charge in [-0.15, -0.1) is 5.10 Å². The minimum Gasteiger partial charge on any atom is -0.321 e. The molecule has 4 aromatic rings. The van der Waals surface area contributed by atoms with E-state index in [9.17, 15) is 4.79 Å². The molecular formula is C29H38N6O. The fourth-order valence-electron chi connectivity index (χ4n) is 4.92. The van der Waals surface area contributed by atoms with Crippen molar-refractivity contribution in [2.45, 2.75) is 78.9 Å². The Labute approximate surface area is 213 Å². The summed E-state index contributed by atoms with van der Waals surface area (Å²) >= 11 is 0. The van der Waals surface area contributed by atoms with Gasteiger partial charge in [-0.1, -0.05) is 55.8 Å². The lowest BCUT2D eigenvalue weighted by molar-refractivity contribution is 0.160. The number of tetrazole rings is 1. The highest BCUT2D eigenvalue weighted by molar-refractivity contribution is 5.82. The number of nitrogens with one attached hydrogen (secondary N) is 1. The van der Waals surface area contributed by atoms with E-state index < -0.39 is 0 Å². The van der Waals surface area contributed by atoms with Gasteiger partial charge < -0.3 is 4.98 Å². The van der Waals surface area contributed by atoms with Crippen LogP contribution in [0.4, 0.5) is 0 Å². The molecule has 2 aromatic heterocycles. The van der Waals surface area contributed by atoms with E-state index in [1.807, 2.05) is 17.7 Å². The van der Waals surface area contributed by atoms with Crippen molar-refractivity contribution in [3.63, 3.8) is 0 Å². The topological polar surface area (TPSA) is 79.7 Å². The smallest absolute Gasteiger partial charge is 0.252 e. The summed E-state index contributed by atoms with van der Waals surface area (Å²) in [5.74, 6) is 0.848. The molecular weight excluding hydrogens is 448 g/mol. The zero-order valence-corrected chi connectivity index (χ0v) is 22.4. The Bertz CT molecular complexity index is 1370. The van der Waals surface area contributed by atoms with E-state index >= 15 is 0 Å². The Morgan fingerprint density at radius 1 is 1.08 bits per heavy atom. The van der Waals surface area contributed by atoms with Gasteiger partial charge in [-0.3, -0.25) is 9.69 Å². The van der Waals surface area contributed by atoms with E-state index in [0.29, 0.717) is 6.54 Å². The molecule has 0 fully saturated rings. The van der Waals surface area contributed by atoms with Crippen LogP contribution < -0.4 is 5.56 Å². The zero-order chi connectivity index (χ0) is 25.9. The minimum absolute atomic E-state index is 0.0242. The van der Waals surface area contributed by atoms with Crippen LogP contribution in [0.1, 0.15) is 74.7 Å². The quantitative estimate of drug-likeness (QED) is 0.321. The molecule has 0 spiro atoms. The van der Waals surface area contributed by atoms with Crippen molar-refractivity contribution in [3.8, 4) is 0 Å². The number of aromatic nitrogens is 5.